The minimum absolute atomic E-state index is 0.0621. The Morgan fingerprint density at radius 2 is 1.94 bits per heavy atom. The summed E-state index contributed by atoms with van der Waals surface area (Å²) >= 11 is 0. The Hall–Kier alpha value is -2.07. The van der Waals surface area contributed by atoms with Crippen LogP contribution in [0.3, 0.4) is 0 Å². The number of nitro benzene ring substituents is 1. The second-order valence-electron chi connectivity index (χ2n) is 3.60. The molecule has 1 aliphatic rings. The molecule has 2 rings (SSSR count). The average Bonchev–Trinajstić information content (AvgIpc) is 2.89. The van der Waals surface area contributed by atoms with Crippen LogP contribution in [0.4, 0.5) is 5.69 Å². The van der Waals surface area contributed by atoms with E-state index in [-0.39, 0.29) is 12.0 Å². The van der Waals surface area contributed by atoms with Crippen LogP contribution in [0.25, 0.3) is 0 Å². The van der Waals surface area contributed by atoms with Crippen molar-refractivity contribution in [1.82, 2.24) is 27.3 Å². The second kappa shape index (κ2) is 5.51. The van der Waals surface area contributed by atoms with Crippen LogP contribution in [0.15, 0.2) is 29.4 Å². The van der Waals surface area contributed by atoms with Crippen molar-refractivity contribution in [3.8, 4) is 0 Å². The zero-order chi connectivity index (χ0) is 13.0. The Labute approximate surface area is 103 Å². The Kier molecular flexibility index (Phi) is 3.79. The van der Waals surface area contributed by atoms with Crippen molar-refractivity contribution in [2.24, 2.45) is 5.10 Å². The van der Waals surface area contributed by atoms with E-state index in [0.717, 1.165) is 11.3 Å². The summed E-state index contributed by atoms with van der Waals surface area (Å²) in [6, 6.07) is 6.21. The minimum Gasteiger partial charge on any atom is -0.277 e. The van der Waals surface area contributed by atoms with Crippen molar-refractivity contribution in [2.75, 3.05) is 0 Å². The molecule has 5 N–H and O–H groups in total. The number of hydrogen-bond acceptors (Lipinski definition) is 8. The van der Waals surface area contributed by atoms with E-state index in [2.05, 4.69) is 32.4 Å². The third kappa shape index (κ3) is 2.99. The number of rotatable bonds is 4. The Morgan fingerprint density at radius 1 is 1.33 bits per heavy atom. The van der Waals surface area contributed by atoms with Gasteiger partial charge in [0.15, 0.2) is 6.29 Å². The molecule has 9 nitrogen and oxygen atoms in total. The normalized spacial score (nSPS) is 16.8. The SMILES string of the molecule is C/C(=N\NC1NNNN1)c1ccc([N+](=O)[O-])cc1. The first kappa shape index (κ1) is 12.4. The van der Waals surface area contributed by atoms with Crippen molar-refractivity contribution in [3.05, 3.63) is 39.9 Å². The molecule has 96 valence electrons. The fraction of sp³-hybridized carbons (Fsp3) is 0.222. The van der Waals surface area contributed by atoms with Gasteiger partial charge >= 0.3 is 0 Å². The van der Waals surface area contributed by atoms with Crippen LogP contribution in [-0.4, -0.2) is 16.9 Å². The first-order chi connectivity index (χ1) is 8.66. The van der Waals surface area contributed by atoms with Gasteiger partial charge in [0.2, 0.25) is 0 Å². The monoisotopic (exact) mass is 251 g/mol. The predicted octanol–water partition coefficient (Wildman–Crippen LogP) is -0.691. The number of non-ortho nitro benzene ring substituents is 1. The van der Waals surface area contributed by atoms with Crippen molar-refractivity contribution in [1.29, 1.82) is 0 Å². The van der Waals surface area contributed by atoms with Crippen LogP contribution in [0, 0.1) is 10.1 Å². The molecule has 1 fully saturated rings. The smallest absolute Gasteiger partial charge is 0.269 e. The molecule has 1 aromatic carbocycles. The predicted molar refractivity (Wildman–Crippen MR) is 64.8 cm³/mol. The number of benzene rings is 1. The third-order valence-corrected chi connectivity index (χ3v) is 2.35. The van der Waals surface area contributed by atoms with Gasteiger partial charge < -0.3 is 0 Å². The van der Waals surface area contributed by atoms with Gasteiger partial charge in [0, 0.05) is 12.1 Å². The highest BCUT2D eigenvalue weighted by atomic mass is 16.6. The molecule has 1 saturated heterocycles. The number of nitrogens with zero attached hydrogens (tertiary/aromatic N) is 2. The molecule has 9 heteroatoms. The molecule has 1 aliphatic heterocycles. The van der Waals surface area contributed by atoms with Crippen molar-refractivity contribution in [2.45, 2.75) is 13.2 Å². The zero-order valence-corrected chi connectivity index (χ0v) is 9.60. The van der Waals surface area contributed by atoms with Gasteiger partial charge in [-0.3, -0.25) is 15.5 Å². The molecule has 18 heavy (non-hydrogen) atoms. The molecule has 0 saturated carbocycles. The Bertz CT molecular complexity index is 452. The van der Waals surface area contributed by atoms with E-state index in [4.69, 9.17) is 0 Å². The maximum Gasteiger partial charge on any atom is 0.269 e. The fourth-order valence-corrected chi connectivity index (χ4v) is 1.37. The summed E-state index contributed by atoms with van der Waals surface area (Å²) in [7, 11) is 0. The van der Waals surface area contributed by atoms with Crippen LogP contribution < -0.4 is 27.3 Å². The molecule has 1 aromatic rings. The van der Waals surface area contributed by atoms with Crippen LogP contribution >= 0.6 is 0 Å². The van der Waals surface area contributed by atoms with Crippen molar-refractivity contribution < 1.29 is 4.92 Å². The molecule has 0 spiro atoms. The van der Waals surface area contributed by atoms with Gasteiger partial charge in [0.1, 0.15) is 0 Å². The Morgan fingerprint density at radius 3 is 2.50 bits per heavy atom. The van der Waals surface area contributed by atoms with Gasteiger partial charge in [0.05, 0.1) is 10.6 Å². The van der Waals surface area contributed by atoms with Crippen LogP contribution in [-0.2, 0) is 0 Å². The Balaban J connectivity index is 2.00. The largest absolute Gasteiger partial charge is 0.277 e. The van der Waals surface area contributed by atoms with Crippen molar-refractivity contribution >= 4 is 11.4 Å². The van der Waals surface area contributed by atoms with Crippen LogP contribution in [0.2, 0.25) is 0 Å². The first-order valence-electron chi connectivity index (χ1n) is 5.22. The summed E-state index contributed by atoms with van der Waals surface area (Å²) in [4.78, 5) is 10.1. The summed E-state index contributed by atoms with van der Waals surface area (Å²) in [6.45, 7) is 1.81. The van der Waals surface area contributed by atoms with Gasteiger partial charge in [-0.25, -0.2) is 10.9 Å². The molecule has 0 amide bonds. The number of hydrazine groups is 3. The lowest BCUT2D eigenvalue weighted by molar-refractivity contribution is -0.384. The molecule has 0 aromatic heterocycles. The quantitative estimate of drug-likeness (QED) is 0.273. The van der Waals surface area contributed by atoms with E-state index in [0.29, 0.717) is 0 Å². The molecule has 0 aliphatic carbocycles. The van der Waals surface area contributed by atoms with E-state index in [9.17, 15) is 10.1 Å². The number of hydrogen-bond donors (Lipinski definition) is 5. The van der Waals surface area contributed by atoms with E-state index < -0.39 is 4.92 Å². The van der Waals surface area contributed by atoms with E-state index in [1.165, 1.54) is 12.1 Å². The molecule has 0 radical (unpaired) electrons. The lowest BCUT2D eigenvalue weighted by atomic mass is 10.1. The van der Waals surface area contributed by atoms with Crippen molar-refractivity contribution in [3.63, 3.8) is 0 Å². The summed E-state index contributed by atoms with van der Waals surface area (Å²) in [5.41, 5.74) is 15.3. The summed E-state index contributed by atoms with van der Waals surface area (Å²) in [6.07, 6.45) is -0.238. The highest BCUT2D eigenvalue weighted by molar-refractivity contribution is 5.98. The summed E-state index contributed by atoms with van der Waals surface area (Å²) in [5.74, 6) is 0. The number of nitrogens with one attached hydrogen (secondary N) is 5. The van der Waals surface area contributed by atoms with E-state index >= 15 is 0 Å². The van der Waals surface area contributed by atoms with Gasteiger partial charge in [0.25, 0.3) is 5.69 Å². The van der Waals surface area contributed by atoms with Crippen LogP contribution in [0.1, 0.15) is 12.5 Å². The number of hydrazone groups is 1. The second-order valence-corrected chi connectivity index (χ2v) is 3.60. The molecule has 0 atom stereocenters. The van der Waals surface area contributed by atoms with Gasteiger partial charge in [-0.15, -0.1) is 0 Å². The molecule has 0 unspecified atom stereocenters. The topological polar surface area (TPSA) is 116 Å². The maximum atomic E-state index is 10.5. The van der Waals surface area contributed by atoms with Gasteiger partial charge in [-0.05, 0) is 24.6 Å². The lowest BCUT2D eigenvalue weighted by Crippen LogP contribution is -2.44. The highest BCUT2D eigenvalue weighted by Gasteiger charge is 2.10. The number of nitro groups is 1. The molecule has 1 heterocycles. The highest BCUT2D eigenvalue weighted by Crippen LogP contribution is 2.12. The first-order valence-corrected chi connectivity index (χ1v) is 5.22. The third-order valence-electron chi connectivity index (χ3n) is 2.35. The summed E-state index contributed by atoms with van der Waals surface area (Å²) < 4.78 is 0. The van der Waals surface area contributed by atoms with E-state index in [1.807, 2.05) is 6.92 Å². The maximum absolute atomic E-state index is 10.5. The summed E-state index contributed by atoms with van der Waals surface area (Å²) in [5, 5.41) is 14.7. The molecular weight excluding hydrogens is 238 g/mol. The average molecular weight is 251 g/mol. The molecule has 0 bridgehead atoms. The fourth-order valence-electron chi connectivity index (χ4n) is 1.37. The van der Waals surface area contributed by atoms with Crippen LogP contribution in [0.5, 0.6) is 0 Å². The van der Waals surface area contributed by atoms with Gasteiger partial charge in [-0.1, -0.05) is 0 Å². The van der Waals surface area contributed by atoms with E-state index in [1.54, 1.807) is 12.1 Å². The minimum atomic E-state index is -0.432. The zero-order valence-electron chi connectivity index (χ0n) is 9.60. The molecular formula is C9H13N7O2. The standard InChI is InChI=1S/C9H13N7O2/c1-6(10-11-9-12-14-15-13-9)7-2-4-8(5-3-7)16(17)18/h2-5,9,11-15H,1H3/b10-6+. The lowest BCUT2D eigenvalue weighted by Gasteiger charge is -2.08. The van der Waals surface area contributed by atoms with Gasteiger partial charge in [-0.2, -0.15) is 16.2 Å².